The van der Waals surface area contributed by atoms with E-state index in [1.165, 1.54) is 0 Å². The molecule has 0 aromatic carbocycles. The van der Waals surface area contributed by atoms with Crippen LogP contribution in [-0.2, 0) is 11.1 Å². The van der Waals surface area contributed by atoms with E-state index in [0.717, 1.165) is 0 Å². The van der Waals surface area contributed by atoms with Crippen molar-refractivity contribution in [2.75, 3.05) is 0 Å². The maximum atomic E-state index is 10.2. The lowest BCUT2D eigenvalue weighted by molar-refractivity contribution is 0.522. The zero-order valence-electron chi connectivity index (χ0n) is 5.11. The van der Waals surface area contributed by atoms with Crippen LogP contribution in [0.25, 0.3) is 0 Å². The molecule has 1 unspecified atom stereocenters. The topological polar surface area (TPSA) is 87.7 Å². The molecule has 0 fully saturated rings. The summed E-state index contributed by atoms with van der Waals surface area (Å²) in [6.07, 6.45) is -0.215. The van der Waals surface area contributed by atoms with Gasteiger partial charge in [0.2, 0.25) is 0 Å². The van der Waals surface area contributed by atoms with E-state index in [0.29, 0.717) is 0 Å². The van der Waals surface area contributed by atoms with Gasteiger partial charge in [0, 0.05) is 18.1 Å². The third-order valence-corrected chi connectivity index (χ3v) is 1.79. The van der Waals surface area contributed by atoms with Crippen LogP contribution < -0.4 is 0 Å². The number of nitriles is 2. The van der Waals surface area contributed by atoms with Gasteiger partial charge in [0.1, 0.15) is 0 Å². The van der Waals surface area contributed by atoms with E-state index in [4.69, 9.17) is 10.5 Å². The molecule has 0 saturated carbocycles. The molecular weight excluding hydrogens is 152 g/mol. The molecule has 4 nitrogen and oxygen atoms in total. The van der Waals surface area contributed by atoms with Crippen LogP contribution in [0.3, 0.4) is 0 Å². The summed E-state index contributed by atoms with van der Waals surface area (Å²) in [6.45, 7) is 0. The zero-order chi connectivity index (χ0) is 7.98. The van der Waals surface area contributed by atoms with Crippen LogP contribution >= 0.6 is 0 Å². The molecule has 10 heavy (non-hydrogen) atoms. The first-order chi connectivity index (χ1) is 4.72. The van der Waals surface area contributed by atoms with Gasteiger partial charge < -0.3 is 4.55 Å². The molecule has 54 valence electrons. The molecule has 0 amide bonds. The van der Waals surface area contributed by atoms with Crippen molar-refractivity contribution in [3.8, 4) is 12.1 Å². The standard InChI is InChI=1S/C5H6N2O2S/c6-3-1-5(2-4-7)10(8)9/h5H,1-2H2,(H,8,9)/p-1. The van der Waals surface area contributed by atoms with Gasteiger partial charge in [0.15, 0.2) is 0 Å². The van der Waals surface area contributed by atoms with Gasteiger partial charge >= 0.3 is 0 Å². The Hall–Kier alpha value is -0.910. The summed E-state index contributed by atoms with van der Waals surface area (Å²) in [5.41, 5.74) is 0. The molecule has 0 rings (SSSR count). The third-order valence-electron chi connectivity index (χ3n) is 0.910. The minimum absolute atomic E-state index is 0.107. The summed E-state index contributed by atoms with van der Waals surface area (Å²) in [6, 6.07) is 3.38. The molecule has 0 aromatic rings. The fourth-order valence-electron chi connectivity index (χ4n) is 0.412. The smallest absolute Gasteiger partial charge is 0.0634 e. The Morgan fingerprint density at radius 2 is 1.80 bits per heavy atom. The van der Waals surface area contributed by atoms with Crippen molar-refractivity contribution >= 4 is 11.1 Å². The molecular formula is C5H5N2O2S-. The predicted octanol–water partition coefficient (Wildman–Crippen LogP) is 0.0615. The predicted molar refractivity (Wildman–Crippen MR) is 33.2 cm³/mol. The van der Waals surface area contributed by atoms with Crippen LogP contribution in [0.5, 0.6) is 0 Å². The first kappa shape index (κ1) is 9.09. The van der Waals surface area contributed by atoms with E-state index >= 15 is 0 Å². The fraction of sp³-hybridized carbons (Fsp3) is 0.600. The molecule has 0 radical (unpaired) electrons. The summed E-state index contributed by atoms with van der Waals surface area (Å²) in [7, 11) is 0. The lowest BCUT2D eigenvalue weighted by atomic mass is 10.2. The quantitative estimate of drug-likeness (QED) is 0.542. The van der Waals surface area contributed by atoms with E-state index in [2.05, 4.69) is 0 Å². The molecule has 0 aliphatic heterocycles. The highest BCUT2D eigenvalue weighted by molar-refractivity contribution is 7.79. The molecule has 5 heteroatoms. The first-order valence-electron chi connectivity index (χ1n) is 2.54. The highest BCUT2D eigenvalue weighted by Gasteiger charge is 2.06. The number of hydrogen-bond donors (Lipinski definition) is 0. The molecule has 0 aliphatic rings. The van der Waals surface area contributed by atoms with E-state index in [1.807, 2.05) is 0 Å². The summed E-state index contributed by atoms with van der Waals surface area (Å²) >= 11 is -2.30. The van der Waals surface area contributed by atoms with E-state index in [-0.39, 0.29) is 12.8 Å². The average molecular weight is 157 g/mol. The summed E-state index contributed by atoms with van der Waals surface area (Å²) in [4.78, 5) is 0. The van der Waals surface area contributed by atoms with Crippen molar-refractivity contribution in [2.45, 2.75) is 18.1 Å². The van der Waals surface area contributed by atoms with Crippen LogP contribution in [0.15, 0.2) is 0 Å². The van der Waals surface area contributed by atoms with Crippen LogP contribution in [-0.4, -0.2) is 14.0 Å². The van der Waals surface area contributed by atoms with Gasteiger partial charge in [-0.15, -0.1) is 0 Å². The molecule has 0 aliphatic carbocycles. The molecule has 1 atom stereocenters. The maximum Gasteiger partial charge on any atom is 0.0634 e. The molecule has 0 N–H and O–H groups in total. The molecule has 0 bridgehead atoms. The van der Waals surface area contributed by atoms with Crippen molar-refractivity contribution in [1.29, 1.82) is 10.5 Å². The van der Waals surface area contributed by atoms with Gasteiger partial charge in [-0.05, 0) is 0 Å². The number of hydrogen-bond acceptors (Lipinski definition) is 4. The molecule has 0 aromatic heterocycles. The minimum atomic E-state index is -2.30. The Labute approximate surface area is 61.4 Å². The van der Waals surface area contributed by atoms with E-state index in [9.17, 15) is 8.76 Å². The molecule has 0 saturated heterocycles. The summed E-state index contributed by atoms with van der Waals surface area (Å²) < 4.78 is 20.4. The van der Waals surface area contributed by atoms with Crippen LogP contribution in [0.4, 0.5) is 0 Å². The van der Waals surface area contributed by atoms with Crippen molar-refractivity contribution < 1.29 is 8.76 Å². The van der Waals surface area contributed by atoms with Crippen LogP contribution in [0.2, 0.25) is 0 Å². The van der Waals surface area contributed by atoms with Crippen molar-refractivity contribution in [1.82, 2.24) is 0 Å². The second kappa shape index (κ2) is 4.92. The van der Waals surface area contributed by atoms with Gasteiger partial charge in [-0.3, -0.25) is 4.21 Å². The molecule has 0 spiro atoms. The zero-order valence-corrected chi connectivity index (χ0v) is 5.93. The number of rotatable bonds is 3. The van der Waals surface area contributed by atoms with Gasteiger partial charge in [0.25, 0.3) is 0 Å². The Kier molecular flexibility index (Phi) is 4.47. The van der Waals surface area contributed by atoms with Crippen LogP contribution in [0, 0.1) is 22.7 Å². The second-order valence-corrected chi connectivity index (χ2v) is 2.79. The van der Waals surface area contributed by atoms with Gasteiger partial charge in [-0.1, -0.05) is 11.1 Å². The highest BCUT2D eigenvalue weighted by Crippen LogP contribution is 2.02. The third kappa shape index (κ3) is 3.18. The Bertz CT molecular complexity index is 187. The van der Waals surface area contributed by atoms with Crippen LogP contribution in [0.1, 0.15) is 12.8 Å². The molecule has 0 heterocycles. The van der Waals surface area contributed by atoms with Gasteiger partial charge in [-0.2, -0.15) is 10.5 Å². The average Bonchev–Trinajstić information content (AvgIpc) is 1.87. The first-order valence-corrected chi connectivity index (χ1v) is 3.68. The van der Waals surface area contributed by atoms with E-state index in [1.54, 1.807) is 12.1 Å². The van der Waals surface area contributed by atoms with Gasteiger partial charge in [0.05, 0.1) is 12.1 Å². The highest BCUT2D eigenvalue weighted by atomic mass is 32.2. The van der Waals surface area contributed by atoms with Crippen molar-refractivity contribution in [3.05, 3.63) is 0 Å². The minimum Gasteiger partial charge on any atom is -0.772 e. The van der Waals surface area contributed by atoms with Crippen molar-refractivity contribution in [3.63, 3.8) is 0 Å². The SMILES string of the molecule is N#CCC(CC#N)S(=O)[O-]. The van der Waals surface area contributed by atoms with Crippen molar-refractivity contribution in [2.24, 2.45) is 0 Å². The maximum absolute atomic E-state index is 10.2. The fourth-order valence-corrected chi connectivity index (χ4v) is 0.833. The van der Waals surface area contributed by atoms with E-state index < -0.39 is 16.3 Å². The van der Waals surface area contributed by atoms with Gasteiger partial charge in [-0.25, -0.2) is 0 Å². The summed E-state index contributed by atoms with van der Waals surface area (Å²) in [5.74, 6) is 0. The Balaban J connectivity index is 3.90. The summed E-state index contributed by atoms with van der Waals surface area (Å²) in [5, 5.41) is 15.3. The Morgan fingerprint density at radius 3 is 2.00 bits per heavy atom. The lowest BCUT2D eigenvalue weighted by Gasteiger charge is -2.11. The lowest BCUT2D eigenvalue weighted by Crippen LogP contribution is -2.12. The largest absolute Gasteiger partial charge is 0.772 e. The monoisotopic (exact) mass is 157 g/mol. The number of nitrogens with zero attached hydrogens (tertiary/aromatic N) is 2. The normalized spacial score (nSPS) is 12.0. The second-order valence-electron chi connectivity index (χ2n) is 1.61. The Morgan fingerprint density at radius 1 is 1.40 bits per heavy atom.